The molecule has 1 saturated carbocycles. The van der Waals surface area contributed by atoms with E-state index in [2.05, 4.69) is 20.8 Å². The second kappa shape index (κ2) is 8.47. The second-order valence-electron chi connectivity index (χ2n) is 5.53. The monoisotopic (exact) mass is 276 g/mol. The minimum absolute atomic E-state index is 0.304. The van der Waals surface area contributed by atoms with Crippen LogP contribution in [0.1, 0.15) is 53.9 Å². The zero-order valence-corrected chi connectivity index (χ0v) is 13.4. The third kappa shape index (κ3) is 5.13. The van der Waals surface area contributed by atoms with Crippen molar-refractivity contribution < 1.29 is 13.6 Å². The first-order valence-electron chi connectivity index (χ1n) is 7.31. The van der Waals surface area contributed by atoms with Crippen molar-refractivity contribution in [2.75, 3.05) is 13.2 Å². The van der Waals surface area contributed by atoms with Crippen molar-refractivity contribution in [3.63, 3.8) is 0 Å². The molecule has 3 nitrogen and oxygen atoms in total. The molecule has 3 unspecified atom stereocenters. The number of rotatable bonds is 7. The van der Waals surface area contributed by atoms with Crippen molar-refractivity contribution in [2.24, 2.45) is 17.8 Å². The van der Waals surface area contributed by atoms with Gasteiger partial charge in [-0.2, -0.15) is 0 Å². The van der Waals surface area contributed by atoms with Gasteiger partial charge in [-0.1, -0.05) is 27.2 Å². The van der Waals surface area contributed by atoms with Crippen LogP contribution in [0.5, 0.6) is 0 Å². The van der Waals surface area contributed by atoms with Gasteiger partial charge in [-0.05, 0) is 44.4 Å². The highest BCUT2D eigenvalue weighted by Crippen LogP contribution is 2.46. The average molecular weight is 276 g/mol. The molecule has 0 aromatic rings. The molecular formula is C14H29O3P. The molecule has 0 heterocycles. The summed E-state index contributed by atoms with van der Waals surface area (Å²) in [6, 6.07) is 0. The lowest BCUT2D eigenvalue weighted by atomic mass is 9.75. The first-order chi connectivity index (χ1) is 8.58. The molecule has 0 amide bonds. The molecular weight excluding hydrogens is 247 g/mol. The van der Waals surface area contributed by atoms with Crippen LogP contribution in [0.2, 0.25) is 0 Å². The summed E-state index contributed by atoms with van der Waals surface area (Å²) in [6.45, 7) is 12.2. The lowest BCUT2D eigenvalue weighted by Gasteiger charge is -2.37. The Morgan fingerprint density at radius 2 is 1.72 bits per heavy atom. The Morgan fingerprint density at radius 1 is 1.11 bits per heavy atom. The van der Waals surface area contributed by atoms with Crippen LogP contribution in [0.3, 0.4) is 0 Å². The first-order valence-corrected chi connectivity index (χ1v) is 8.40. The fourth-order valence-electron chi connectivity index (χ4n) is 2.66. The smallest absolute Gasteiger partial charge is 0.313 e. The van der Waals surface area contributed by atoms with Gasteiger partial charge in [0.25, 0.3) is 0 Å². The summed E-state index contributed by atoms with van der Waals surface area (Å²) < 4.78 is 17.3. The fourth-order valence-corrected chi connectivity index (χ4v) is 3.74. The van der Waals surface area contributed by atoms with Crippen LogP contribution in [-0.2, 0) is 13.6 Å². The van der Waals surface area contributed by atoms with Gasteiger partial charge in [0, 0.05) is 0 Å². The molecule has 0 bridgehead atoms. The van der Waals surface area contributed by atoms with E-state index >= 15 is 0 Å². The summed E-state index contributed by atoms with van der Waals surface area (Å²) >= 11 is 0. The molecule has 108 valence electrons. The van der Waals surface area contributed by atoms with Crippen LogP contribution in [0.4, 0.5) is 0 Å². The Labute approximate surface area is 114 Å². The molecule has 0 spiro atoms. The molecule has 0 aliphatic heterocycles. The van der Waals surface area contributed by atoms with Gasteiger partial charge < -0.3 is 13.6 Å². The Hall–Kier alpha value is 0.310. The standard InChI is InChI=1S/C14H29O3P/c1-6-15-18(16-7-2)17-14-10-12(5)8-9-13(14)11(3)4/h11-14H,6-10H2,1-5H3. The fraction of sp³-hybridized carbons (Fsp3) is 1.00. The molecule has 0 aromatic carbocycles. The summed E-state index contributed by atoms with van der Waals surface area (Å²) in [4.78, 5) is 0. The minimum atomic E-state index is -1.15. The van der Waals surface area contributed by atoms with E-state index < -0.39 is 8.60 Å². The van der Waals surface area contributed by atoms with Crippen molar-refractivity contribution >= 4 is 8.60 Å². The Kier molecular flexibility index (Phi) is 7.70. The van der Waals surface area contributed by atoms with Crippen LogP contribution in [0.15, 0.2) is 0 Å². The predicted octanol–water partition coefficient (Wildman–Crippen LogP) is 4.76. The van der Waals surface area contributed by atoms with Crippen molar-refractivity contribution in [1.82, 2.24) is 0 Å². The maximum atomic E-state index is 6.14. The van der Waals surface area contributed by atoms with Gasteiger partial charge in [0.05, 0.1) is 19.3 Å². The molecule has 0 aromatic heterocycles. The molecule has 0 N–H and O–H groups in total. The third-order valence-corrected chi connectivity index (χ3v) is 5.03. The second-order valence-corrected chi connectivity index (χ2v) is 6.70. The zero-order valence-electron chi connectivity index (χ0n) is 12.5. The van der Waals surface area contributed by atoms with Gasteiger partial charge in [0.15, 0.2) is 0 Å². The summed E-state index contributed by atoms with van der Waals surface area (Å²) in [5.74, 6) is 2.07. The van der Waals surface area contributed by atoms with E-state index in [0.717, 1.165) is 12.3 Å². The van der Waals surface area contributed by atoms with Crippen LogP contribution in [0.25, 0.3) is 0 Å². The predicted molar refractivity (Wildman–Crippen MR) is 76.4 cm³/mol. The lowest BCUT2D eigenvalue weighted by Crippen LogP contribution is -2.33. The van der Waals surface area contributed by atoms with E-state index in [-0.39, 0.29) is 0 Å². The van der Waals surface area contributed by atoms with Crippen molar-refractivity contribution in [3.8, 4) is 0 Å². The summed E-state index contributed by atoms with van der Waals surface area (Å²) in [7, 11) is -1.15. The van der Waals surface area contributed by atoms with Gasteiger partial charge in [-0.25, -0.2) is 0 Å². The zero-order chi connectivity index (χ0) is 13.5. The maximum Gasteiger partial charge on any atom is 0.332 e. The van der Waals surface area contributed by atoms with Crippen LogP contribution in [0, 0.1) is 17.8 Å². The third-order valence-electron chi connectivity index (χ3n) is 3.65. The van der Waals surface area contributed by atoms with Crippen LogP contribution < -0.4 is 0 Å². The van der Waals surface area contributed by atoms with E-state index in [1.165, 1.54) is 12.8 Å². The van der Waals surface area contributed by atoms with Crippen molar-refractivity contribution in [2.45, 2.75) is 60.0 Å². The van der Waals surface area contributed by atoms with Crippen LogP contribution >= 0.6 is 8.60 Å². The largest absolute Gasteiger partial charge is 0.332 e. The van der Waals surface area contributed by atoms with Gasteiger partial charge in [0.2, 0.25) is 0 Å². The minimum Gasteiger partial charge on any atom is -0.313 e. The van der Waals surface area contributed by atoms with E-state index in [4.69, 9.17) is 13.6 Å². The number of hydrogen-bond donors (Lipinski definition) is 0. The summed E-state index contributed by atoms with van der Waals surface area (Å²) in [5, 5.41) is 0. The molecule has 1 aliphatic carbocycles. The Morgan fingerprint density at radius 3 is 2.22 bits per heavy atom. The molecule has 1 rings (SSSR count). The average Bonchev–Trinajstić information content (AvgIpc) is 2.29. The van der Waals surface area contributed by atoms with Gasteiger partial charge in [-0.3, -0.25) is 0 Å². The Balaban J connectivity index is 2.57. The molecule has 1 aliphatic rings. The molecule has 3 atom stereocenters. The van der Waals surface area contributed by atoms with Crippen LogP contribution in [-0.4, -0.2) is 19.3 Å². The van der Waals surface area contributed by atoms with Crippen molar-refractivity contribution in [1.29, 1.82) is 0 Å². The molecule has 18 heavy (non-hydrogen) atoms. The first kappa shape index (κ1) is 16.4. The molecule has 0 saturated heterocycles. The molecule has 0 radical (unpaired) electrons. The normalized spacial score (nSPS) is 29.2. The Bertz CT molecular complexity index is 217. The highest BCUT2D eigenvalue weighted by atomic mass is 31.2. The number of hydrogen-bond acceptors (Lipinski definition) is 3. The molecule has 4 heteroatoms. The topological polar surface area (TPSA) is 27.7 Å². The van der Waals surface area contributed by atoms with E-state index in [9.17, 15) is 0 Å². The molecule has 1 fully saturated rings. The van der Waals surface area contributed by atoms with E-state index in [1.807, 2.05) is 13.8 Å². The quantitative estimate of drug-likeness (QED) is 0.627. The summed E-state index contributed by atoms with van der Waals surface area (Å²) in [5.41, 5.74) is 0. The SMILES string of the molecule is CCOP(OCC)OC1CC(C)CCC1C(C)C. The van der Waals surface area contributed by atoms with Gasteiger partial charge in [0.1, 0.15) is 0 Å². The van der Waals surface area contributed by atoms with Crippen molar-refractivity contribution in [3.05, 3.63) is 0 Å². The lowest BCUT2D eigenvalue weighted by molar-refractivity contribution is 0.0246. The van der Waals surface area contributed by atoms with E-state index in [1.54, 1.807) is 0 Å². The van der Waals surface area contributed by atoms with Gasteiger partial charge in [-0.15, -0.1) is 0 Å². The van der Waals surface area contributed by atoms with Gasteiger partial charge >= 0.3 is 8.60 Å². The maximum absolute atomic E-state index is 6.14. The highest BCUT2D eigenvalue weighted by Gasteiger charge is 2.34. The summed E-state index contributed by atoms with van der Waals surface area (Å²) in [6.07, 6.45) is 4.04. The van der Waals surface area contributed by atoms with E-state index in [0.29, 0.717) is 31.2 Å². The highest BCUT2D eigenvalue weighted by molar-refractivity contribution is 7.41.